The summed E-state index contributed by atoms with van der Waals surface area (Å²) in [6.07, 6.45) is 2.34. The Hall–Kier alpha value is -3.48. The van der Waals surface area contributed by atoms with Gasteiger partial charge < -0.3 is 14.6 Å². The van der Waals surface area contributed by atoms with E-state index >= 15 is 4.39 Å². The topological polar surface area (TPSA) is 72.5 Å². The minimum Gasteiger partial charge on any atom is -0.479 e. The molecule has 0 saturated carbocycles. The fraction of sp³-hybridized carbons (Fsp3) is 0.381. The maximum Gasteiger partial charge on any atom is 0.281 e. The van der Waals surface area contributed by atoms with Crippen LogP contribution in [0.2, 0.25) is 0 Å². The Morgan fingerprint density at radius 3 is 2.71 bits per heavy atom. The van der Waals surface area contributed by atoms with Gasteiger partial charge in [0.15, 0.2) is 11.6 Å². The number of hydrogen-bond acceptors (Lipinski definition) is 6. The highest BCUT2D eigenvalue weighted by Crippen LogP contribution is 2.37. The summed E-state index contributed by atoms with van der Waals surface area (Å²) in [5, 5.41) is 6.73. The average Bonchev–Trinajstić information content (AvgIpc) is 3.40. The fourth-order valence-corrected chi connectivity index (χ4v) is 4.32. The number of likely N-dealkylation sites (tertiary alicyclic amines) is 1. The number of aryl methyl sites for hydroxylation is 1. The van der Waals surface area contributed by atoms with E-state index in [1.54, 1.807) is 7.05 Å². The lowest BCUT2D eigenvalue weighted by Gasteiger charge is -2.19. The molecule has 1 atom stereocenters. The predicted molar refractivity (Wildman–Crippen MR) is 114 cm³/mol. The Labute approximate surface area is 189 Å². The van der Waals surface area contributed by atoms with Crippen molar-refractivity contribution in [1.29, 1.82) is 0 Å². The van der Waals surface area contributed by atoms with E-state index < -0.39 is 36.8 Å². The third-order valence-electron chi connectivity index (χ3n) is 5.83. The normalized spacial score (nSPS) is 18.3. The molecule has 0 aliphatic carbocycles. The van der Waals surface area contributed by atoms with E-state index in [2.05, 4.69) is 20.4 Å². The number of benzene rings is 1. The Morgan fingerprint density at radius 2 is 2.03 bits per heavy atom. The van der Waals surface area contributed by atoms with Gasteiger partial charge in [-0.05, 0) is 24.7 Å². The molecule has 1 saturated heterocycles. The molecule has 0 unspecified atom stereocenters. The van der Waals surface area contributed by atoms with Gasteiger partial charge in [0.25, 0.3) is 5.92 Å². The molecule has 1 aromatic carbocycles. The number of imidazole rings is 1. The van der Waals surface area contributed by atoms with Gasteiger partial charge in [-0.1, -0.05) is 0 Å². The molecule has 13 heteroatoms. The molecule has 1 fully saturated rings. The van der Waals surface area contributed by atoms with Gasteiger partial charge in [-0.15, -0.1) is 5.10 Å². The highest BCUT2D eigenvalue weighted by Gasteiger charge is 2.47. The van der Waals surface area contributed by atoms with E-state index in [4.69, 9.17) is 4.74 Å². The number of fused-ring (bicyclic) bond motifs is 2. The van der Waals surface area contributed by atoms with Gasteiger partial charge in [-0.25, -0.2) is 31.5 Å². The van der Waals surface area contributed by atoms with E-state index in [-0.39, 0.29) is 52.6 Å². The quantitative estimate of drug-likeness (QED) is 0.426. The number of methoxy groups -OCH3 is 1. The molecule has 1 aliphatic rings. The summed E-state index contributed by atoms with van der Waals surface area (Å²) in [6.45, 7) is -1.08. The van der Waals surface area contributed by atoms with Crippen LogP contribution in [0, 0.1) is 11.6 Å². The van der Waals surface area contributed by atoms with Crippen molar-refractivity contribution in [3.8, 4) is 17.0 Å². The van der Waals surface area contributed by atoms with Crippen molar-refractivity contribution >= 4 is 22.5 Å². The monoisotopic (exact) mass is 481 g/mol. The first-order valence-corrected chi connectivity index (χ1v) is 10.4. The van der Waals surface area contributed by atoms with Crippen LogP contribution in [-0.2, 0) is 6.54 Å². The minimum absolute atomic E-state index is 0.0262. The predicted octanol–water partition coefficient (Wildman–Crippen LogP) is 3.36. The summed E-state index contributed by atoms with van der Waals surface area (Å²) in [7, 11) is 2.86. The van der Waals surface area contributed by atoms with Gasteiger partial charge in [0, 0.05) is 6.54 Å². The summed E-state index contributed by atoms with van der Waals surface area (Å²) in [4.78, 5) is 9.58. The lowest BCUT2D eigenvalue weighted by Crippen LogP contribution is -2.38. The van der Waals surface area contributed by atoms with Crippen LogP contribution >= 0.6 is 0 Å². The molecule has 3 aromatic heterocycles. The molecule has 180 valence electrons. The Morgan fingerprint density at radius 1 is 1.24 bits per heavy atom. The van der Waals surface area contributed by atoms with Crippen molar-refractivity contribution < 1.29 is 26.7 Å². The molecule has 1 aliphatic heterocycles. The first-order chi connectivity index (χ1) is 16.2. The first kappa shape index (κ1) is 22.3. The Bertz CT molecular complexity index is 1390. The van der Waals surface area contributed by atoms with E-state index in [0.29, 0.717) is 0 Å². The Kier molecular flexibility index (Phi) is 5.30. The van der Waals surface area contributed by atoms with Crippen LogP contribution in [-0.4, -0.2) is 74.9 Å². The molecule has 4 heterocycles. The van der Waals surface area contributed by atoms with Gasteiger partial charge >= 0.3 is 0 Å². The van der Waals surface area contributed by atoms with E-state index in [9.17, 15) is 17.6 Å². The summed E-state index contributed by atoms with van der Waals surface area (Å²) < 4.78 is 79.1. The standard InChI is InChI=1S/C21H20F5N7O/c1-31-8-15(21(25,26)9-31)28-20-29-19(34-2)18-16(13(24)7-33(18)30-20)11-5-12(23)17-14(6-11)32(4-3-22)10-27-17/h5-7,10,15H,3-4,8-9H2,1-2H3,(H,28,30)/t15-/m1/s1. The van der Waals surface area contributed by atoms with Crippen molar-refractivity contribution in [3.63, 3.8) is 0 Å². The highest BCUT2D eigenvalue weighted by atomic mass is 19.3. The van der Waals surface area contributed by atoms with Gasteiger partial charge in [0.2, 0.25) is 11.8 Å². The summed E-state index contributed by atoms with van der Waals surface area (Å²) in [5.74, 6) is -4.75. The van der Waals surface area contributed by atoms with Crippen molar-refractivity contribution in [1.82, 2.24) is 29.0 Å². The average molecular weight is 481 g/mol. The molecule has 34 heavy (non-hydrogen) atoms. The van der Waals surface area contributed by atoms with Crippen LogP contribution in [0.15, 0.2) is 24.7 Å². The maximum absolute atomic E-state index is 15.1. The third kappa shape index (κ3) is 3.59. The van der Waals surface area contributed by atoms with Crippen LogP contribution in [0.3, 0.4) is 0 Å². The number of nitrogens with one attached hydrogen (secondary N) is 1. The number of nitrogens with zero attached hydrogens (tertiary/aromatic N) is 6. The summed E-state index contributed by atoms with van der Waals surface area (Å²) >= 11 is 0. The zero-order chi connectivity index (χ0) is 24.2. The van der Waals surface area contributed by atoms with Crippen LogP contribution in [0.4, 0.5) is 27.9 Å². The number of halogens is 5. The molecule has 0 radical (unpaired) electrons. The molecule has 0 spiro atoms. The Balaban J connectivity index is 1.62. The number of anilines is 1. The fourth-order valence-electron chi connectivity index (χ4n) is 4.32. The number of hydrogen-bond donors (Lipinski definition) is 1. The second kappa shape index (κ2) is 8.08. The van der Waals surface area contributed by atoms with Crippen LogP contribution in [0.1, 0.15) is 0 Å². The lowest BCUT2D eigenvalue weighted by atomic mass is 10.1. The van der Waals surface area contributed by atoms with E-state index in [0.717, 1.165) is 16.8 Å². The maximum atomic E-state index is 15.1. The third-order valence-corrected chi connectivity index (χ3v) is 5.83. The molecular formula is C21H20F5N7O. The molecule has 5 rings (SSSR count). The van der Waals surface area contributed by atoms with Gasteiger partial charge in [-0.2, -0.15) is 4.98 Å². The molecule has 0 bridgehead atoms. The molecule has 0 amide bonds. The number of rotatable bonds is 6. The van der Waals surface area contributed by atoms with E-state index in [1.807, 2.05) is 0 Å². The SMILES string of the molecule is COc1nc(N[C@@H]2CN(C)CC2(F)F)nn2cc(F)c(-c3cc(F)c4ncn(CCF)c4c3)c12. The van der Waals surface area contributed by atoms with Gasteiger partial charge in [-0.3, -0.25) is 4.90 Å². The number of likely N-dealkylation sites (N-methyl/N-ethyl adjacent to an activating group) is 1. The van der Waals surface area contributed by atoms with Crippen molar-refractivity contribution in [2.24, 2.45) is 0 Å². The molecular weight excluding hydrogens is 461 g/mol. The number of ether oxygens (including phenoxy) is 1. The smallest absolute Gasteiger partial charge is 0.281 e. The second-order valence-corrected chi connectivity index (χ2v) is 8.20. The van der Waals surface area contributed by atoms with Crippen LogP contribution < -0.4 is 10.1 Å². The zero-order valence-electron chi connectivity index (χ0n) is 18.2. The highest BCUT2D eigenvalue weighted by molar-refractivity contribution is 5.90. The zero-order valence-corrected chi connectivity index (χ0v) is 18.2. The van der Waals surface area contributed by atoms with E-state index in [1.165, 1.54) is 29.0 Å². The lowest BCUT2D eigenvalue weighted by molar-refractivity contribution is 0.00583. The van der Waals surface area contributed by atoms with Crippen molar-refractivity contribution in [3.05, 3.63) is 36.3 Å². The van der Waals surface area contributed by atoms with Crippen molar-refractivity contribution in [2.75, 3.05) is 39.2 Å². The number of aromatic nitrogens is 5. The first-order valence-electron chi connectivity index (χ1n) is 10.4. The number of alkyl halides is 3. The van der Waals surface area contributed by atoms with Gasteiger partial charge in [0.05, 0.1) is 43.8 Å². The summed E-state index contributed by atoms with van der Waals surface area (Å²) in [5.41, 5.74) is 0.479. The second-order valence-electron chi connectivity index (χ2n) is 8.20. The van der Waals surface area contributed by atoms with Crippen LogP contribution in [0.5, 0.6) is 5.88 Å². The summed E-state index contributed by atoms with van der Waals surface area (Å²) in [6, 6.07) is 1.35. The minimum atomic E-state index is -3.01. The van der Waals surface area contributed by atoms with Gasteiger partial charge in [0.1, 0.15) is 23.7 Å². The van der Waals surface area contributed by atoms with Crippen molar-refractivity contribution in [2.45, 2.75) is 18.5 Å². The largest absolute Gasteiger partial charge is 0.479 e. The van der Waals surface area contributed by atoms with Crippen LogP contribution in [0.25, 0.3) is 27.7 Å². The molecule has 8 nitrogen and oxygen atoms in total. The molecule has 4 aromatic rings. The molecule has 1 N–H and O–H groups in total.